The van der Waals surface area contributed by atoms with Gasteiger partial charge in [0.05, 0.1) is 29.3 Å². The van der Waals surface area contributed by atoms with Gasteiger partial charge in [0.2, 0.25) is 0 Å². The summed E-state index contributed by atoms with van der Waals surface area (Å²) in [6.07, 6.45) is -0.608. The monoisotopic (exact) mass is 310 g/mol. The van der Waals surface area contributed by atoms with Crippen molar-refractivity contribution in [2.75, 3.05) is 0 Å². The molecule has 2 aromatic rings. The van der Waals surface area contributed by atoms with Gasteiger partial charge in [-0.1, -0.05) is 12.1 Å². The van der Waals surface area contributed by atoms with Crippen molar-refractivity contribution in [3.8, 4) is 5.69 Å². The molecule has 3 rings (SSSR count). The smallest absolute Gasteiger partial charge is 0.398 e. The summed E-state index contributed by atoms with van der Waals surface area (Å²) in [5, 5.41) is 0. The number of hydrogen-bond donors (Lipinski definition) is 0. The van der Waals surface area contributed by atoms with E-state index in [4.69, 9.17) is 20.3 Å². The van der Waals surface area contributed by atoms with Crippen molar-refractivity contribution in [3.63, 3.8) is 0 Å². The first-order valence-corrected chi connectivity index (χ1v) is 6.73. The third kappa shape index (κ3) is 2.36. The second-order valence-electron chi connectivity index (χ2n) is 6.02. The van der Waals surface area contributed by atoms with Gasteiger partial charge in [0, 0.05) is 10.3 Å². The van der Waals surface area contributed by atoms with Gasteiger partial charge in [0.25, 0.3) is 0 Å². The van der Waals surface area contributed by atoms with E-state index in [-0.39, 0.29) is 5.59 Å². The third-order valence-electron chi connectivity index (χ3n) is 3.99. The second kappa shape index (κ2) is 4.93. The molecule has 0 atom stereocenters. The van der Waals surface area contributed by atoms with Gasteiger partial charge in [0.1, 0.15) is 11.6 Å². The minimum absolute atomic E-state index is 0.230. The number of nitrogens with zero attached hydrogens (tertiary/aromatic N) is 2. The van der Waals surface area contributed by atoms with Crippen LogP contribution >= 0.6 is 0 Å². The molecule has 4 nitrogen and oxygen atoms in total. The predicted octanol–water partition coefficient (Wildman–Crippen LogP) is 2.62. The topological polar surface area (TPSA) is 36.3 Å². The molecule has 2 heterocycles. The Labute approximate surface area is 141 Å². The lowest BCUT2D eigenvalue weighted by Gasteiger charge is -2.32. The SMILES string of the molecule is [2H]c1c([2H])c([2H])c(-n2c(C([2H])([2H])[2H])nc(B3OC(C)(C)C(C)(C)O3)c2[2H])c(F)c1[2H]. The van der Waals surface area contributed by atoms with Gasteiger partial charge in [-0.05, 0) is 46.6 Å². The van der Waals surface area contributed by atoms with Crippen LogP contribution < -0.4 is 5.59 Å². The normalized spacial score (nSPS) is 25.4. The average Bonchev–Trinajstić information content (AvgIpc) is 3.05. The number of halogens is 1. The number of imidazole rings is 1. The van der Waals surface area contributed by atoms with Crippen LogP contribution in [0.1, 0.15) is 44.5 Å². The molecule has 1 aromatic carbocycles. The Bertz CT molecular complexity index is 992. The maximum absolute atomic E-state index is 14.9. The highest BCUT2D eigenvalue weighted by molar-refractivity contribution is 6.61. The van der Waals surface area contributed by atoms with E-state index in [0.717, 1.165) is 0 Å². The summed E-state index contributed by atoms with van der Waals surface area (Å²) >= 11 is 0. The van der Waals surface area contributed by atoms with Crippen LogP contribution in [0.25, 0.3) is 5.69 Å². The summed E-state index contributed by atoms with van der Waals surface area (Å²) < 4.78 is 90.0. The van der Waals surface area contributed by atoms with Gasteiger partial charge in [-0.25, -0.2) is 9.37 Å². The van der Waals surface area contributed by atoms with Crippen LogP contribution in [-0.2, 0) is 9.31 Å². The van der Waals surface area contributed by atoms with Crippen molar-refractivity contribution in [2.24, 2.45) is 0 Å². The van der Waals surface area contributed by atoms with Crippen molar-refractivity contribution in [2.45, 2.75) is 45.7 Å². The van der Waals surface area contributed by atoms with Crippen LogP contribution in [-0.4, -0.2) is 27.9 Å². The summed E-state index contributed by atoms with van der Waals surface area (Å²) in [6.45, 7) is 4.11. The van der Waals surface area contributed by atoms with Gasteiger partial charge in [-0.2, -0.15) is 0 Å². The van der Waals surface area contributed by atoms with Crippen molar-refractivity contribution in [1.82, 2.24) is 9.55 Å². The fraction of sp³-hybridized carbons (Fsp3) is 0.438. The molecule has 0 N–H and O–H groups in total. The average molecular weight is 310 g/mol. The van der Waals surface area contributed by atoms with Crippen molar-refractivity contribution < 1.29 is 24.7 Å². The van der Waals surface area contributed by atoms with Crippen molar-refractivity contribution in [1.29, 1.82) is 0 Å². The zero-order valence-electron chi connectivity index (χ0n) is 20.7. The summed E-state index contributed by atoms with van der Waals surface area (Å²) in [5.74, 6) is -2.13. The summed E-state index contributed by atoms with van der Waals surface area (Å²) in [7, 11) is -1.22. The molecule has 1 aliphatic heterocycles. The molecule has 1 saturated heterocycles. The molecule has 22 heavy (non-hydrogen) atoms. The summed E-state index contributed by atoms with van der Waals surface area (Å²) in [4.78, 5) is 3.98. The Kier molecular flexibility index (Phi) is 1.85. The fourth-order valence-electron chi connectivity index (χ4n) is 2.02. The molecule has 0 amide bonds. The molecule has 0 bridgehead atoms. The minimum Gasteiger partial charge on any atom is -0.398 e. The molecule has 0 saturated carbocycles. The van der Waals surface area contributed by atoms with E-state index in [9.17, 15) is 4.39 Å². The molecule has 1 aliphatic rings. The fourth-order valence-corrected chi connectivity index (χ4v) is 2.02. The van der Waals surface area contributed by atoms with E-state index in [1.807, 2.05) is 0 Å². The van der Waals surface area contributed by atoms with Crippen LogP contribution in [0.15, 0.2) is 30.3 Å². The third-order valence-corrected chi connectivity index (χ3v) is 3.99. The van der Waals surface area contributed by atoms with Crippen LogP contribution in [0, 0.1) is 12.7 Å². The van der Waals surface area contributed by atoms with E-state index in [1.54, 1.807) is 27.7 Å². The Morgan fingerprint density at radius 3 is 2.50 bits per heavy atom. The molecule has 1 fully saturated rings. The number of aromatic nitrogens is 2. The lowest BCUT2D eigenvalue weighted by molar-refractivity contribution is 0.00578. The summed E-state index contributed by atoms with van der Waals surface area (Å²) in [5.41, 5.74) is -2.65. The predicted molar refractivity (Wildman–Crippen MR) is 84.0 cm³/mol. The largest absolute Gasteiger partial charge is 0.516 e. The molecule has 0 spiro atoms. The van der Waals surface area contributed by atoms with Gasteiger partial charge < -0.3 is 13.9 Å². The zero-order valence-corrected chi connectivity index (χ0v) is 12.7. The zero-order chi connectivity index (χ0) is 23.0. The minimum atomic E-state index is -2.92. The Hall–Kier alpha value is -1.66. The Morgan fingerprint density at radius 1 is 1.23 bits per heavy atom. The highest BCUT2D eigenvalue weighted by Gasteiger charge is 2.52. The summed E-state index contributed by atoms with van der Waals surface area (Å²) in [6, 6.07) is -3.38. The first-order chi connectivity index (χ1) is 13.5. The molecule has 6 heteroatoms. The van der Waals surface area contributed by atoms with Crippen LogP contribution in [0.5, 0.6) is 0 Å². The number of aryl methyl sites for hydroxylation is 1. The number of hydrogen-bond acceptors (Lipinski definition) is 3. The molecule has 116 valence electrons. The molecular formula is C16H20BFN2O2. The number of rotatable bonds is 2. The van der Waals surface area contributed by atoms with E-state index in [0.29, 0.717) is 4.57 Å². The van der Waals surface area contributed by atoms with Crippen LogP contribution in [0.4, 0.5) is 4.39 Å². The van der Waals surface area contributed by atoms with Gasteiger partial charge in [0.15, 0.2) is 0 Å². The Balaban J connectivity index is 2.31. The van der Waals surface area contributed by atoms with E-state index >= 15 is 0 Å². The first kappa shape index (κ1) is 8.27. The van der Waals surface area contributed by atoms with Crippen LogP contribution in [0.2, 0.25) is 0 Å². The van der Waals surface area contributed by atoms with Gasteiger partial charge in [-0.3, -0.25) is 0 Å². The number of benzene rings is 1. The van der Waals surface area contributed by atoms with Crippen molar-refractivity contribution in [3.05, 3.63) is 42.0 Å². The standard InChI is InChI=1S/C16H20BFN2O2/c1-11-19-14(17-21-15(2,3)16(4,5)22-17)10-20(11)13-9-7-6-8-12(13)18/h6-10H,1-5H3/i1D3,6D,7D,8D,9D,10D. The van der Waals surface area contributed by atoms with Crippen LogP contribution in [0.3, 0.4) is 0 Å². The maximum Gasteiger partial charge on any atom is 0.516 e. The highest BCUT2D eigenvalue weighted by Crippen LogP contribution is 2.36. The first-order valence-electron chi connectivity index (χ1n) is 10.7. The second-order valence-corrected chi connectivity index (χ2v) is 6.02. The quantitative estimate of drug-likeness (QED) is 0.800. The molecule has 0 aliphatic carbocycles. The molecule has 1 aromatic heterocycles. The molecule has 0 radical (unpaired) electrons. The maximum atomic E-state index is 14.9. The lowest BCUT2D eigenvalue weighted by atomic mass is 9.86. The van der Waals surface area contributed by atoms with E-state index in [1.165, 1.54) is 0 Å². The highest BCUT2D eigenvalue weighted by atomic mass is 19.1. The van der Waals surface area contributed by atoms with Gasteiger partial charge in [-0.15, -0.1) is 0 Å². The van der Waals surface area contributed by atoms with E-state index in [2.05, 4.69) is 4.98 Å². The molecule has 0 unspecified atom stereocenters. The van der Waals surface area contributed by atoms with E-state index < -0.39 is 72.8 Å². The lowest BCUT2D eigenvalue weighted by Crippen LogP contribution is -2.41. The molecular weight excluding hydrogens is 282 g/mol. The van der Waals surface area contributed by atoms with Gasteiger partial charge >= 0.3 is 7.12 Å². The number of para-hydroxylation sites is 1. The van der Waals surface area contributed by atoms with Crippen molar-refractivity contribution >= 4 is 12.7 Å². The Morgan fingerprint density at radius 2 is 1.86 bits per heavy atom.